The predicted octanol–water partition coefficient (Wildman–Crippen LogP) is 11.6. The van der Waals surface area contributed by atoms with Gasteiger partial charge in [0.05, 0.1) is 58.5 Å². The maximum absolute atomic E-state index is 13.4. The van der Waals surface area contributed by atoms with E-state index in [0.29, 0.717) is 97.2 Å². The topological polar surface area (TPSA) is 284 Å². The average Bonchev–Trinajstić information content (AvgIpc) is 1.63. The van der Waals surface area contributed by atoms with E-state index in [2.05, 4.69) is 57.3 Å². The Kier molecular flexibility index (Phi) is 46.1. The molecule has 7 aromatic carbocycles. The van der Waals surface area contributed by atoms with Crippen molar-refractivity contribution >= 4 is 65.7 Å². The first-order valence-corrected chi connectivity index (χ1v) is 42.2. The van der Waals surface area contributed by atoms with Crippen LogP contribution in [0.5, 0.6) is 0 Å². The molecule has 30 heteroatoms. The molecule has 8 saturated heterocycles. The summed E-state index contributed by atoms with van der Waals surface area (Å²) in [4.78, 5) is 92.9. The Hall–Kier alpha value is -11.2. The molecule has 0 aromatic heterocycles. The van der Waals surface area contributed by atoms with Crippen molar-refractivity contribution in [3.63, 3.8) is 0 Å². The van der Waals surface area contributed by atoms with Gasteiger partial charge in [0.2, 0.25) is 0 Å². The van der Waals surface area contributed by atoms with E-state index in [1.54, 1.807) is 31.8 Å². The first-order chi connectivity index (χ1) is 61.3. The predicted molar refractivity (Wildman–Crippen MR) is 478 cm³/mol. The number of likely N-dealkylation sites (tertiary alicyclic amines) is 6. The molecular weight excluding hydrogens is 1720 g/mol. The van der Waals surface area contributed by atoms with Gasteiger partial charge in [0.15, 0.2) is 0 Å². The minimum absolute atomic E-state index is 0. The molecule has 7 amide bonds. The number of hydrogen-bond donors (Lipinski definition) is 3. The molecule has 0 saturated carbocycles. The molecule has 10 heterocycles. The fourth-order valence-electron chi connectivity index (χ4n) is 14.0. The van der Waals surface area contributed by atoms with Crippen LogP contribution in [0.15, 0.2) is 281 Å². The van der Waals surface area contributed by atoms with Crippen LogP contribution in [0.3, 0.4) is 0 Å². The van der Waals surface area contributed by atoms with Crippen LogP contribution >= 0.6 is 0 Å². The van der Waals surface area contributed by atoms with Crippen LogP contribution in [0.1, 0.15) is 45.9 Å². The Morgan fingerprint density at radius 3 is 0.867 bits per heavy atom. The molecule has 0 aliphatic carbocycles. The number of carbonyl (C=O) groups excluding carboxylic acids is 7. The summed E-state index contributed by atoms with van der Waals surface area (Å²) in [5.74, 6) is 0.0128. The molecule has 8 fully saturated rings. The molecule has 0 spiro atoms. The van der Waals surface area contributed by atoms with Gasteiger partial charge in [-0.1, -0.05) is 262 Å². The van der Waals surface area contributed by atoms with Crippen molar-refractivity contribution in [2.24, 2.45) is 29.6 Å². The second-order valence-corrected chi connectivity index (χ2v) is 30.9. The number of nitrogens with one attached hydrogen (secondary N) is 1. The Balaban J connectivity index is 0.000000201. The van der Waals surface area contributed by atoms with Crippen molar-refractivity contribution in [2.45, 2.75) is 96.0 Å². The zero-order valence-electron chi connectivity index (χ0n) is 72.5. The third-order valence-electron chi connectivity index (χ3n) is 21.5. The summed E-state index contributed by atoms with van der Waals surface area (Å²) in [5, 5.41) is 21.7. The van der Waals surface area contributed by atoms with Gasteiger partial charge in [0.25, 0.3) is 0 Å². The minimum atomic E-state index is -1.17. The number of benzene rings is 7. The van der Waals surface area contributed by atoms with Crippen molar-refractivity contribution in [2.75, 3.05) is 111 Å². The smallest absolute Gasteiger partial charge is 1.00 e. The Labute approximate surface area is 776 Å². The monoisotopic (exact) mass is 1830 g/mol. The zero-order valence-corrected chi connectivity index (χ0v) is 75.5. The van der Waals surface area contributed by atoms with Crippen molar-refractivity contribution in [3.05, 3.63) is 327 Å². The van der Waals surface area contributed by atoms with Crippen molar-refractivity contribution in [3.8, 4) is 0 Å². The third-order valence-corrected chi connectivity index (χ3v) is 21.5. The number of amides is 7. The van der Waals surface area contributed by atoms with E-state index in [9.17, 15) is 47.4 Å². The van der Waals surface area contributed by atoms with Gasteiger partial charge in [0.1, 0.15) is 83.0 Å². The number of fused-ring (bicyclic) bond motifs is 2. The number of aliphatic hydroxyl groups is 2. The van der Waals surface area contributed by atoms with Gasteiger partial charge in [-0.05, 0) is 50.8 Å². The molecule has 5 unspecified atom stereocenters. The number of hydrogen-bond acceptors (Lipinski definition) is 19. The van der Waals surface area contributed by atoms with Crippen molar-refractivity contribution < 1.29 is 112 Å². The van der Waals surface area contributed by atoms with Gasteiger partial charge in [-0.3, -0.25) is 6.58 Å². The molecule has 680 valence electrons. The number of aliphatic hydroxyl groups excluding tert-OH is 2. The van der Waals surface area contributed by atoms with Gasteiger partial charge >= 0.3 is 65.7 Å². The van der Waals surface area contributed by atoms with Gasteiger partial charge in [-0.15, -0.1) is 19.7 Å². The maximum Gasteiger partial charge on any atom is 2.00 e. The van der Waals surface area contributed by atoms with Crippen LogP contribution in [0.4, 0.5) is 42.3 Å². The van der Waals surface area contributed by atoms with Crippen LogP contribution in [0.25, 0.3) is 0 Å². The normalized spacial score (nSPS) is 22.0. The van der Waals surface area contributed by atoms with Crippen LogP contribution in [-0.4, -0.2) is 264 Å². The van der Waals surface area contributed by atoms with E-state index in [-0.39, 0.29) is 153 Å². The number of alkyl halides is 2. The Morgan fingerprint density at radius 2 is 0.617 bits per heavy atom. The number of morpholine rings is 2. The third kappa shape index (κ3) is 35.8. The van der Waals surface area contributed by atoms with E-state index in [4.69, 9.17) is 47.7 Å². The Bertz CT molecular complexity index is 4230. The molecule has 3 N–H and O–H groups in total. The first kappa shape index (κ1) is 104. The largest absolute Gasteiger partial charge is 2.00 e. The van der Waals surface area contributed by atoms with Gasteiger partial charge in [-0.2, -0.15) is 0 Å². The fourth-order valence-corrected chi connectivity index (χ4v) is 14.0. The second kappa shape index (κ2) is 56.9. The van der Waals surface area contributed by atoms with E-state index in [1.165, 1.54) is 14.7 Å². The molecule has 17 rings (SSSR count). The summed E-state index contributed by atoms with van der Waals surface area (Å²) >= 11 is 0. The van der Waals surface area contributed by atoms with E-state index in [1.807, 2.05) is 231 Å². The minimum Gasteiger partial charge on any atom is -1.00 e. The van der Waals surface area contributed by atoms with Crippen LogP contribution in [0.2, 0.25) is 0 Å². The SMILES string of the molecule is C1=CCNC1.C=C[C@@H]1CN(C(=O)OCc2ccccc2)CC1C.C=C[C@@H]1CN(C(=O)OCc2ccccc2)C[C@@H]1F.C=C[C@@H]1CN(C(=O)OCc2ccccc2)C[C@H]1O.O=C(OCc1ccccc1)N1CC2OC2C1.O=C(OCc1ccccc1)N1CC2OC2C1.O=C(OCc1ccccc1)N1CC=CC1.O=C(OCc1ccccc1)N1C[C@@H](CO)[C@@H](F)C1.[Br-].[CH-]=C.[Mg+2]. The molecule has 128 heavy (non-hydrogen) atoms. The number of rotatable bonds is 18. The summed E-state index contributed by atoms with van der Waals surface area (Å²) in [5.41, 5.74) is 6.80. The van der Waals surface area contributed by atoms with E-state index in [0.717, 1.165) is 65.1 Å². The molecule has 7 aromatic rings. The first-order valence-electron chi connectivity index (χ1n) is 42.2. The van der Waals surface area contributed by atoms with Crippen LogP contribution in [-0.2, 0) is 88.9 Å². The summed E-state index contributed by atoms with van der Waals surface area (Å²) < 4.78 is 73.6. The number of nitrogens with zero attached hydrogens (tertiary/aromatic N) is 7. The maximum atomic E-state index is 13.4. The van der Waals surface area contributed by atoms with Crippen LogP contribution in [0, 0.1) is 36.2 Å². The van der Waals surface area contributed by atoms with E-state index >= 15 is 0 Å². The Morgan fingerprint density at radius 1 is 0.367 bits per heavy atom. The average molecular weight is 1840 g/mol. The van der Waals surface area contributed by atoms with Crippen molar-refractivity contribution in [1.29, 1.82) is 0 Å². The number of ether oxygens (including phenoxy) is 9. The molecular formula is C98H117BrF2MgN8O18. The number of carbonyl (C=O) groups is 7. The second-order valence-electron chi connectivity index (χ2n) is 30.9. The number of halogens is 3. The quantitative estimate of drug-likeness (QED) is 0.0237. The van der Waals surface area contributed by atoms with E-state index < -0.39 is 36.6 Å². The zero-order chi connectivity index (χ0) is 89.8. The van der Waals surface area contributed by atoms with Gasteiger partial charge in [-0.25, -0.2) is 42.3 Å². The standard InChI is InChI=1S/C15H19NO2.C14H16FNO2.C14H17NO3.C13H16FNO3.2C12H13NO3.C12H13NO2.C4H7N.C2H3.BrH.Mg/c1-3-14-10-16(9-12(14)2)15(17)18-11-13-7-5-4-6-8-13;1-2-12-8-16(9-13(12)15)14(17)18-10-11-6-4-3-5-7-11;1-2-12-8-15(9-13(12)16)14(17)18-10-11-6-4-3-5-7-11;14-12-7-15(6-11(12)8-16)13(17)18-9-10-4-2-1-3-5-10;2*14-12(13-6-10-11(7-13)16-10)15-8-9-4-2-1-3-5-9;14-12(13-8-4-5-9-13)15-10-11-6-2-1-3-7-11;1-2-4-5-3-1;1-2;;/h3-8,12,14H,1,9-11H2,2H3;2-7,12-13H,1,8-10H2;2-7,12-13,16H,1,8-10H2;1-5,11-12,16H,6-9H2;2*1-5,10-11H,6-8H2;1-7H,8-10H2;1-2,5H,3-4H2;1H,2H2;1H;/q;;;;;;;;-1;;+2/p-1/t12?,14-;12-,13+;12-,13-;11-,12-;;;;;;;/m1110......./s1. The molecule has 26 nitrogen and oxygen atoms in total. The summed E-state index contributed by atoms with van der Waals surface area (Å²) in [7, 11) is 0. The fraction of sp³-hybridized carbons (Fsp3) is 0.378. The van der Waals surface area contributed by atoms with Gasteiger partial charge in [0, 0.05) is 76.7 Å². The summed E-state index contributed by atoms with van der Waals surface area (Å²) in [6, 6.07) is 67.0. The molecule has 10 aliphatic heterocycles. The summed E-state index contributed by atoms with van der Waals surface area (Å²) in [6.07, 6.45) is 9.33. The number of β-amino-alcohol motifs (C(OH)–C–C–N with tert-alkyl or cyclic N) is 1. The summed E-state index contributed by atoms with van der Waals surface area (Å²) in [6.45, 7) is 31.0. The molecule has 0 radical (unpaired) electrons. The number of epoxide rings is 2. The molecule has 0 bridgehead atoms. The van der Waals surface area contributed by atoms with Gasteiger partial charge < -0.3 is 116 Å². The molecule has 12 atom stereocenters. The molecule has 10 aliphatic rings. The van der Waals surface area contributed by atoms with Crippen LogP contribution < -0.4 is 22.3 Å². The van der Waals surface area contributed by atoms with Crippen molar-refractivity contribution in [1.82, 2.24) is 39.6 Å².